The Bertz CT molecular complexity index is 3480. The molecule has 4 atom stereocenters. The molecule has 0 amide bonds. The van der Waals surface area contributed by atoms with Crippen molar-refractivity contribution in [1.29, 1.82) is 0 Å². The third kappa shape index (κ3) is 14.0. The molecule has 0 saturated carbocycles. The molecule has 0 aliphatic heterocycles. The first-order valence-corrected chi connectivity index (χ1v) is 28.7. The average Bonchev–Trinajstić information content (AvgIpc) is 4.04. The lowest BCUT2D eigenvalue weighted by molar-refractivity contribution is -0.124. The SMILES string of the molecule is COc1cccc(C)c1-n1c(CS(=O)(=O)[C@@H](C)[C@@H](OCC(C)=O)c2ncc(C)cn2)nnc1-c1cncc(C)c1.COc1cccc(C)c1-n1c(CS(=O)(=O)[C@H](C)[C@H](OCC(C)=O)c2ncc(C)cn2)nnc1-c1cncc(C)c1. The van der Waals surface area contributed by atoms with E-state index in [-0.39, 0.29) is 48.1 Å². The zero-order chi connectivity index (χ0) is 58.1. The minimum Gasteiger partial charge on any atom is -0.495 e. The maximum Gasteiger partial charge on any atom is 0.170 e. The number of hydrogen-bond acceptors (Lipinski definition) is 20. The molecule has 420 valence electrons. The number of nitrogens with zero attached hydrogens (tertiary/aromatic N) is 12. The first kappa shape index (κ1) is 59.6. The van der Waals surface area contributed by atoms with Gasteiger partial charge in [-0.1, -0.05) is 24.3 Å². The largest absolute Gasteiger partial charge is 0.495 e. The van der Waals surface area contributed by atoms with Crippen molar-refractivity contribution in [3.8, 4) is 45.6 Å². The molecule has 0 fully saturated rings. The molecule has 0 unspecified atom stereocenters. The first-order chi connectivity index (χ1) is 38.0. The van der Waals surface area contributed by atoms with Crippen LogP contribution in [-0.2, 0) is 50.2 Å². The molecule has 6 heterocycles. The van der Waals surface area contributed by atoms with Gasteiger partial charge in [0, 0.05) is 60.7 Å². The number of hydrogen-bond donors (Lipinski definition) is 0. The van der Waals surface area contributed by atoms with Gasteiger partial charge in [0.1, 0.15) is 48.4 Å². The molecule has 0 aliphatic rings. The van der Waals surface area contributed by atoms with Gasteiger partial charge in [-0.25, -0.2) is 36.8 Å². The number of carbonyl (C=O) groups excluding carboxylic acids is 2. The molecule has 0 N–H and O–H groups in total. The summed E-state index contributed by atoms with van der Waals surface area (Å²) in [5.41, 5.74) is 7.70. The van der Waals surface area contributed by atoms with Crippen molar-refractivity contribution < 1.29 is 45.4 Å². The summed E-state index contributed by atoms with van der Waals surface area (Å²) in [6, 6.07) is 14.9. The number of methoxy groups -OCH3 is 2. The van der Waals surface area contributed by atoms with Crippen LogP contribution in [0.4, 0.5) is 0 Å². The van der Waals surface area contributed by atoms with Crippen molar-refractivity contribution in [3.05, 3.63) is 155 Å². The van der Waals surface area contributed by atoms with Gasteiger partial charge in [-0.3, -0.25) is 28.7 Å². The zero-order valence-electron chi connectivity index (χ0n) is 46.6. The number of sulfone groups is 2. The third-order valence-corrected chi connectivity index (χ3v) is 16.8. The van der Waals surface area contributed by atoms with Gasteiger partial charge in [-0.15, -0.1) is 20.4 Å². The first-order valence-electron chi connectivity index (χ1n) is 25.3. The Balaban J connectivity index is 0.000000231. The number of ether oxygens (including phenoxy) is 4. The molecule has 0 bridgehead atoms. The van der Waals surface area contributed by atoms with E-state index < -0.39 is 53.9 Å². The van der Waals surface area contributed by atoms with Gasteiger partial charge in [0.15, 0.2) is 66.2 Å². The zero-order valence-corrected chi connectivity index (χ0v) is 48.3. The lowest BCUT2D eigenvalue weighted by Crippen LogP contribution is -2.31. The Labute approximate surface area is 465 Å². The van der Waals surface area contributed by atoms with Gasteiger partial charge < -0.3 is 18.9 Å². The van der Waals surface area contributed by atoms with Crippen LogP contribution in [0.2, 0.25) is 0 Å². The standard InChI is InChI=1S/2C28H32N6O5S/c2*1-17-10-22(14-29-11-17)28-33-32-24(34(28)25-19(3)8-7-9-23(25)38-6)16-40(36,37)21(5)26(39-15-20(4)35)27-30-12-18(2)13-31-27/h2*7-14,21,26H,15-16H2,1-6H3/t2*21-,26+/m10/s1. The molecule has 0 aliphatic carbocycles. The molecule has 8 rings (SSSR count). The molecule has 24 heteroatoms. The molecule has 0 spiro atoms. The van der Waals surface area contributed by atoms with E-state index in [0.717, 1.165) is 33.4 Å². The molecule has 22 nitrogen and oxygen atoms in total. The molecular weight excluding hydrogens is 1060 g/mol. The smallest absolute Gasteiger partial charge is 0.170 e. The van der Waals surface area contributed by atoms with Crippen LogP contribution >= 0.6 is 0 Å². The number of pyridine rings is 2. The van der Waals surface area contributed by atoms with Crippen molar-refractivity contribution in [3.63, 3.8) is 0 Å². The average molecular weight is 1130 g/mol. The van der Waals surface area contributed by atoms with Gasteiger partial charge in [0.25, 0.3) is 0 Å². The summed E-state index contributed by atoms with van der Waals surface area (Å²) in [6.45, 7) is 16.5. The van der Waals surface area contributed by atoms with E-state index in [1.165, 1.54) is 27.7 Å². The normalized spacial score (nSPS) is 13.2. The van der Waals surface area contributed by atoms with Crippen LogP contribution in [0.15, 0.2) is 98.1 Å². The Hall–Kier alpha value is -8.06. The second-order valence-corrected chi connectivity index (χ2v) is 24.1. The Kier molecular flexibility index (Phi) is 19.2. The highest BCUT2D eigenvalue weighted by Gasteiger charge is 2.38. The fourth-order valence-electron chi connectivity index (χ4n) is 8.54. The maximum atomic E-state index is 13.9. The number of ketones is 2. The summed E-state index contributed by atoms with van der Waals surface area (Å²) in [6.07, 6.45) is 10.9. The second-order valence-electron chi connectivity index (χ2n) is 19.4. The van der Waals surface area contributed by atoms with Crippen LogP contribution < -0.4 is 9.47 Å². The lowest BCUT2D eigenvalue weighted by atomic mass is 10.1. The highest BCUT2D eigenvalue weighted by molar-refractivity contribution is 7.91. The van der Waals surface area contributed by atoms with Gasteiger partial charge in [0.2, 0.25) is 0 Å². The molecule has 80 heavy (non-hydrogen) atoms. The predicted molar refractivity (Wildman–Crippen MR) is 298 cm³/mol. The molecule has 2 aromatic carbocycles. The monoisotopic (exact) mass is 1130 g/mol. The Morgan fingerprint density at radius 2 is 0.875 bits per heavy atom. The van der Waals surface area contributed by atoms with E-state index in [0.29, 0.717) is 45.6 Å². The predicted octanol–water partition coefficient (Wildman–Crippen LogP) is 7.41. The fraction of sp³-hybridized carbons (Fsp3) is 0.357. The number of Topliss-reactive ketones (excluding diaryl/α,β-unsaturated/α-hetero) is 2. The van der Waals surface area contributed by atoms with Crippen LogP contribution in [0, 0.1) is 41.5 Å². The van der Waals surface area contributed by atoms with Crippen LogP contribution in [0.5, 0.6) is 11.5 Å². The van der Waals surface area contributed by atoms with Crippen molar-refractivity contribution in [2.75, 3.05) is 27.4 Å². The van der Waals surface area contributed by atoms with Gasteiger partial charge in [0.05, 0.1) is 36.1 Å². The van der Waals surface area contributed by atoms with Crippen LogP contribution in [0.1, 0.15) is 96.6 Å². The van der Waals surface area contributed by atoms with E-state index in [9.17, 15) is 26.4 Å². The summed E-state index contributed by atoms with van der Waals surface area (Å²) in [5, 5.41) is 15.2. The minimum absolute atomic E-state index is 0.177. The molecular formula is C56H64N12O10S2. The number of para-hydroxylation sites is 2. The van der Waals surface area contributed by atoms with Crippen LogP contribution in [0.25, 0.3) is 34.2 Å². The van der Waals surface area contributed by atoms with E-state index in [2.05, 4.69) is 50.3 Å². The highest BCUT2D eigenvalue weighted by atomic mass is 32.2. The van der Waals surface area contributed by atoms with E-state index >= 15 is 0 Å². The van der Waals surface area contributed by atoms with Crippen molar-refractivity contribution in [1.82, 2.24) is 59.4 Å². The van der Waals surface area contributed by atoms with E-state index in [1.54, 1.807) is 85.1 Å². The lowest BCUT2D eigenvalue weighted by Gasteiger charge is -2.23. The Morgan fingerprint density at radius 1 is 0.512 bits per heavy atom. The maximum absolute atomic E-state index is 13.9. The summed E-state index contributed by atoms with van der Waals surface area (Å²) < 4.78 is 81.8. The van der Waals surface area contributed by atoms with Gasteiger partial charge in [-0.2, -0.15) is 0 Å². The van der Waals surface area contributed by atoms with Crippen LogP contribution in [-0.4, -0.2) is 126 Å². The summed E-state index contributed by atoms with van der Waals surface area (Å²) in [4.78, 5) is 49.1. The van der Waals surface area contributed by atoms with Crippen molar-refractivity contribution in [2.45, 2.75) is 103 Å². The summed E-state index contributed by atoms with van der Waals surface area (Å²) in [7, 11) is -4.81. The number of carbonyl (C=O) groups is 2. The molecule has 8 aromatic rings. The third-order valence-electron chi connectivity index (χ3n) is 12.7. The summed E-state index contributed by atoms with van der Waals surface area (Å²) >= 11 is 0. The number of benzene rings is 2. The molecule has 0 saturated heterocycles. The molecule has 0 radical (unpaired) electrons. The minimum atomic E-state index is -3.95. The number of rotatable bonds is 22. The topological polar surface area (TPSA) is 278 Å². The summed E-state index contributed by atoms with van der Waals surface area (Å²) in [5.74, 6) is 1.21. The van der Waals surface area contributed by atoms with Gasteiger partial charge in [-0.05, 0) is 127 Å². The molecule has 6 aromatic heterocycles. The van der Waals surface area contributed by atoms with Crippen molar-refractivity contribution >= 4 is 31.2 Å². The fourth-order valence-corrected chi connectivity index (χ4v) is 11.3. The van der Waals surface area contributed by atoms with E-state index in [4.69, 9.17) is 18.9 Å². The van der Waals surface area contributed by atoms with Crippen LogP contribution in [0.3, 0.4) is 0 Å². The quantitative estimate of drug-likeness (QED) is 0.0638. The highest BCUT2D eigenvalue weighted by Crippen LogP contribution is 2.36. The van der Waals surface area contributed by atoms with Crippen molar-refractivity contribution in [2.24, 2.45) is 0 Å². The second kappa shape index (κ2) is 25.8. The number of aryl methyl sites for hydroxylation is 6. The number of aromatic nitrogens is 12. The Morgan fingerprint density at radius 3 is 1.20 bits per heavy atom. The van der Waals surface area contributed by atoms with Gasteiger partial charge >= 0.3 is 0 Å². The van der Waals surface area contributed by atoms with E-state index in [1.807, 2.05) is 77.9 Å².